The Morgan fingerprint density at radius 3 is 2.85 bits per heavy atom. The van der Waals surface area contributed by atoms with Gasteiger partial charge in [0.25, 0.3) is 5.91 Å². The lowest BCUT2D eigenvalue weighted by Gasteiger charge is -2.32. The van der Waals surface area contributed by atoms with E-state index in [0.29, 0.717) is 25.5 Å². The second kappa shape index (κ2) is 8.16. The van der Waals surface area contributed by atoms with Crippen LogP contribution >= 0.6 is 11.6 Å². The molecule has 2 heterocycles. The van der Waals surface area contributed by atoms with Gasteiger partial charge in [0.1, 0.15) is 22.8 Å². The van der Waals surface area contributed by atoms with Gasteiger partial charge in [0, 0.05) is 25.7 Å². The molecule has 1 aromatic heterocycles. The molecule has 0 unspecified atom stereocenters. The second-order valence-electron chi connectivity index (χ2n) is 6.27. The molecule has 1 atom stereocenters. The van der Waals surface area contributed by atoms with E-state index in [9.17, 15) is 9.18 Å². The fraction of sp³-hybridized carbons (Fsp3) is 0.444. The van der Waals surface area contributed by atoms with E-state index in [1.54, 1.807) is 13.0 Å². The number of morpholine rings is 1. The van der Waals surface area contributed by atoms with Gasteiger partial charge < -0.3 is 14.6 Å². The zero-order valence-electron chi connectivity index (χ0n) is 14.7. The number of nitrogens with one attached hydrogen (secondary N) is 1. The molecule has 1 aliphatic rings. The van der Waals surface area contributed by atoms with Crippen LogP contribution in [0.1, 0.15) is 23.0 Å². The molecule has 0 radical (unpaired) electrons. The Balaban J connectivity index is 1.77. The third-order valence-electron chi connectivity index (χ3n) is 4.52. The van der Waals surface area contributed by atoms with Crippen molar-refractivity contribution < 1.29 is 18.4 Å². The number of hydrogen-bond donors (Lipinski definition) is 1. The number of rotatable bonds is 5. The molecular formula is C18H21ClFN3O3. The minimum absolute atomic E-state index is 0.0670. The molecule has 8 heteroatoms. The maximum atomic E-state index is 14.2. The van der Waals surface area contributed by atoms with E-state index in [4.69, 9.17) is 20.9 Å². The average molecular weight is 382 g/mol. The summed E-state index contributed by atoms with van der Waals surface area (Å²) >= 11 is 6.11. The third kappa shape index (κ3) is 3.90. The SMILES string of the molecule is Cc1onc(-c2c(F)cccc2Cl)c1C(=O)NC[C@@H](C)N1CCOCC1. The van der Waals surface area contributed by atoms with Gasteiger partial charge in [0.15, 0.2) is 0 Å². The molecule has 6 nitrogen and oxygen atoms in total. The predicted octanol–water partition coefficient (Wildman–Crippen LogP) is 2.89. The van der Waals surface area contributed by atoms with Crippen molar-refractivity contribution in [1.82, 2.24) is 15.4 Å². The lowest BCUT2D eigenvalue weighted by molar-refractivity contribution is 0.0204. The molecule has 26 heavy (non-hydrogen) atoms. The van der Waals surface area contributed by atoms with Crippen LogP contribution < -0.4 is 5.32 Å². The minimum atomic E-state index is -0.554. The number of halogens is 2. The standard InChI is InChI=1S/C18H21ClFN3O3/c1-11(23-6-8-25-9-7-23)10-21-18(24)15-12(2)26-22-17(15)16-13(19)4-3-5-14(16)20/h3-5,11H,6-10H2,1-2H3,(H,21,24)/t11-/m1/s1. The third-order valence-corrected chi connectivity index (χ3v) is 4.83. The number of amides is 1. The van der Waals surface area contributed by atoms with Crippen molar-refractivity contribution >= 4 is 17.5 Å². The molecule has 0 bridgehead atoms. The van der Waals surface area contributed by atoms with Gasteiger partial charge in [0.05, 0.1) is 23.8 Å². The Labute approximate surface area is 156 Å². The summed E-state index contributed by atoms with van der Waals surface area (Å²) in [6.45, 7) is 7.16. The molecule has 0 spiro atoms. The first-order valence-electron chi connectivity index (χ1n) is 8.49. The molecule has 140 valence electrons. The zero-order chi connectivity index (χ0) is 18.7. The topological polar surface area (TPSA) is 67.6 Å². The number of ether oxygens (including phenoxy) is 1. The first-order chi connectivity index (χ1) is 12.5. The van der Waals surface area contributed by atoms with E-state index in [-0.39, 0.29) is 33.8 Å². The van der Waals surface area contributed by atoms with E-state index in [1.807, 2.05) is 6.92 Å². The highest BCUT2D eigenvalue weighted by atomic mass is 35.5. The number of carbonyl (C=O) groups is 1. The van der Waals surface area contributed by atoms with E-state index in [0.717, 1.165) is 13.1 Å². The number of nitrogens with zero attached hydrogens (tertiary/aromatic N) is 2. The van der Waals surface area contributed by atoms with Crippen LogP contribution in [0, 0.1) is 12.7 Å². The van der Waals surface area contributed by atoms with Crippen LogP contribution in [0.5, 0.6) is 0 Å². The average Bonchev–Trinajstić information content (AvgIpc) is 3.01. The number of carbonyl (C=O) groups excluding carboxylic acids is 1. The van der Waals surface area contributed by atoms with Crippen LogP contribution in [0.15, 0.2) is 22.7 Å². The zero-order valence-corrected chi connectivity index (χ0v) is 15.5. The van der Waals surface area contributed by atoms with E-state index >= 15 is 0 Å². The molecule has 0 aliphatic carbocycles. The largest absolute Gasteiger partial charge is 0.379 e. The van der Waals surface area contributed by atoms with Crippen molar-refractivity contribution in [2.24, 2.45) is 0 Å². The number of aryl methyl sites for hydroxylation is 1. The van der Waals surface area contributed by atoms with Crippen molar-refractivity contribution in [3.8, 4) is 11.3 Å². The van der Waals surface area contributed by atoms with Crippen LogP contribution in [-0.2, 0) is 4.74 Å². The maximum absolute atomic E-state index is 14.2. The first kappa shape index (κ1) is 18.8. The maximum Gasteiger partial charge on any atom is 0.257 e. The molecule has 1 amide bonds. The Kier molecular flexibility index (Phi) is 5.90. The quantitative estimate of drug-likeness (QED) is 0.862. The molecule has 2 aromatic rings. The van der Waals surface area contributed by atoms with Gasteiger partial charge in [0.2, 0.25) is 0 Å². The number of benzene rings is 1. The summed E-state index contributed by atoms with van der Waals surface area (Å²) in [5.74, 6) is -0.601. The molecule has 1 aliphatic heterocycles. The summed E-state index contributed by atoms with van der Waals surface area (Å²) in [5, 5.41) is 6.92. The summed E-state index contributed by atoms with van der Waals surface area (Å²) in [7, 11) is 0. The smallest absolute Gasteiger partial charge is 0.257 e. The van der Waals surface area contributed by atoms with Gasteiger partial charge in [-0.05, 0) is 26.0 Å². The minimum Gasteiger partial charge on any atom is -0.379 e. The van der Waals surface area contributed by atoms with Gasteiger partial charge in [-0.1, -0.05) is 22.8 Å². The highest BCUT2D eigenvalue weighted by Gasteiger charge is 2.26. The summed E-state index contributed by atoms with van der Waals surface area (Å²) in [6.07, 6.45) is 0. The number of aromatic nitrogens is 1. The normalized spacial score (nSPS) is 16.5. The highest BCUT2D eigenvalue weighted by molar-refractivity contribution is 6.33. The summed E-state index contributed by atoms with van der Waals surface area (Å²) in [5.41, 5.74) is 0.380. The summed E-state index contributed by atoms with van der Waals surface area (Å²) in [6, 6.07) is 4.47. The first-order valence-corrected chi connectivity index (χ1v) is 8.87. The fourth-order valence-electron chi connectivity index (χ4n) is 3.01. The van der Waals surface area contributed by atoms with E-state index < -0.39 is 5.82 Å². The van der Waals surface area contributed by atoms with Gasteiger partial charge in [-0.3, -0.25) is 9.69 Å². The molecule has 3 rings (SSSR count). The Hall–Kier alpha value is -1.96. The lowest BCUT2D eigenvalue weighted by atomic mass is 10.0. The highest BCUT2D eigenvalue weighted by Crippen LogP contribution is 2.33. The van der Waals surface area contributed by atoms with Crippen molar-refractivity contribution in [3.63, 3.8) is 0 Å². The van der Waals surface area contributed by atoms with Gasteiger partial charge in [-0.15, -0.1) is 0 Å². The lowest BCUT2D eigenvalue weighted by Crippen LogP contribution is -2.47. The van der Waals surface area contributed by atoms with Gasteiger partial charge in [-0.25, -0.2) is 4.39 Å². The van der Waals surface area contributed by atoms with E-state index in [1.165, 1.54) is 12.1 Å². The van der Waals surface area contributed by atoms with E-state index in [2.05, 4.69) is 15.4 Å². The molecule has 0 saturated carbocycles. The summed E-state index contributed by atoms with van der Waals surface area (Å²) < 4.78 is 24.7. The van der Waals surface area contributed by atoms with Crippen LogP contribution in [0.2, 0.25) is 5.02 Å². The van der Waals surface area contributed by atoms with Gasteiger partial charge >= 0.3 is 0 Å². The monoisotopic (exact) mass is 381 g/mol. The van der Waals surface area contributed by atoms with Crippen molar-refractivity contribution in [3.05, 3.63) is 40.4 Å². The molecule has 1 fully saturated rings. The van der Waals surface area contributed by atoms with Gasteiger partial charge in [-0.2, -0.15) is 0 Å². The second-order valence-corrected chi connectivity index (χ2v) is 6.67. The molecule has 1 saturated heterocycles. The number of hydrogen-bond acceptors (Lipinski definition) is 5. The van der Waals surface area contributed by atoms with Crippen LogP contribution in [0.3, 0.4) is 0 Å². The van der Waals surface area contributed by atoms with Crippen molar-refractivity contribution in [2.75, 3.05) is 32.8 Å². The van der Waals surface area contributed by atoms with Crippen LogP contribution in [0.25, 0.3) is 11.3 Å². The summed E-state index contributed by atoms with van der Waals surface area (Å²) in [4.78, 5) is 15.0. The van der Waals surface area contributed by atoms with Crippen molar-refractivity contribution in [1.29, 1.82) is 0 Å². The van der Waals surface area contributed by atoms with Crippen LogP contribution in [-0.4, -0.2) is 54.9 Å². The van der Waals surface area contributed by atoms with Crippen LogP contribution in [0.4, 0.5) is 4.39 Å². The molecular weight excluding hydrogens is 361 g/mol. The van der Waals surface area contributed by atoms with Crippen molar-refractivity contribution in [2.45, 2.75) is 19.9 Å². The Morgan fingerprint density at radius 2 is 2.15 bits per heavy atom. The molecule has 1 N–H and O–H groups in total. The fourth-order valence-corrected chi connectivity index (χ4v) is 3.26. The predicted molar refractivity (Wildman–Crippen MR) is 95.8 cm³/mol. The molecule has 1 aromatic carbocycles. The Morgan fingerprint density at radius 1 is 1.42 bits per heavy atom. The Bertz CT molecular complexity index is 770.